The first-order chi connectivity index (χ1) is 9.32. The highest BCUT2D eigenvalue weighted by atomic mass is 32.2. The first-order valence-electron chi connectivity index (χ1n) is 6.99. The number of benzene rings is 1. The number of hydrogen-bond acceptors (Lipinski definition) is 4. The Bertz CT molecular complexity index is 571. The third-order valence-corrected chi connectivity index (χ3v) is 8.84. The summed E-state index contributed by atoms with van der Waals surface area (Å²) < 4.78 is 33.4. The van der Waals surface area contributed by atoms with Crippen molar-refractivity contribution in [3.8, 4) is 5.75 Å². The number of hydrogen-bond donors (Lipinski definition) is 0. The Kier molecular flexibility index (Phi) is 5.29. The molecule has 0 radical (unpaired) electrons. The third-order valence-electron chi connectivity index (χ3n) is 3.85. The van der Waals surface area contributed by atoms with E-state index in [-0.39, 0.29) is 5.04 Å². The smallest absolute Gasteiger partial charge is 0.264 e. The summed E-state index contributed by atoms with van der Waals surface area (Å²) in [6.45, 7) is 12.7. The van der Waals surface area contributed by atoms with Crippen LogP contribution in [0.3, 0.4) is 0 Å². The van der Waals surface area contributed by atoms with Crippen LogP contribution >= 0.6 is 0 Å². The molecule has 1 atom stereocenters. The third kappa shape index (κ3) is 5.45. The molecule has 1 unspecified atom stereocenters. The van der Waals surface area contributed by atoms with Crippen molar-refractivity contribution in [3.63, 3.8) is 0 Å². The summed E-state index contributed by atoms with van der Waals surface area (Å²) in [6.07, 6.45) is 0.556. The van der Waals surface area contributed by atoms with Gasteiger partial charge in [0.05, 0.1) is 12.4 Å². The summed E-state index contributed by atoms with van der Waals surface area (Å²) in [7, 11) is -5.31. The van der Waals surface area contributed by atoms with Crippen LogP contribution in [0.4, 0.5) is 0 Å². The van der Waals surface area contributed by atoms with Crippen molar-refractivity contribution in [1.82, 2.24) is 0 Å². The molecule has 0 aliphatic carbocycles. The maximum absolute atomic E-state index is 11.1. The van der Waals surface area contributed by atoms with E-state index in [1.807, 2.05) is 24.3 Å². The predicted octanol–water partition coefficient (Wildman–Crippen LogP) is 4.11. The molecule has 0 N–H and O–H groups in total. The minimum absolute atomic E-state index is 0.137. The van der Waals surface area contributed by atoms with E-state index in [1.165, 1.54) is 0 Å². The molecule has 1 aromatic carbocycles. The Morgan fingerprint density at radius 2 is 1.57 bits per heavy atom. The van der Waals surface area contributed by atoms with Crippen molar-refractivity contribution in [3.05, 3.63) is 29.8 Å². The molecule has 120 valence electrons. The van der Waals surface area contributed by atoms with E-state index in [0.29, 0.717) is 0 Å². The van der Waals surface area contributed by atoms with Crippen molar-refractivity contribution in [2.24, 2.45) is 0 Å². The highest BCUT2D eigenvalue weighted by Gasteiger charge is 2.38. The van der Waals surface area contributed by atoms with Crippen LogP contribution in [0.25, 0.3) is 0 Å². The van der Waals surface area contributed by atoms with E-state index in [2.05, 4.69) is 33.9 Å². The molecule has 0 saturated heterocycles. The monoisotopic (exact) mass is 330 g/mol. The molecule has 1 aromatic rings. The largest absolute Gasteiger partial charge is 0.544 e. The molecule has 0 saturated carbocycles. The molecule has 1 rings (SSSR count). The zero-order valence-electron chi connectivity index (χ0n) is 13.9. The second-order valence-electron chi connectivity index (χ2n) is 6.87. The molecule has 0 aliphatic rings. The van der Waals surface area contributed by atoms with E-state index in [1.54, 1.807) is 6.92 Å². The van der Waals surface area contributed by atoms with Gasteiger partial charge in [-0.25, -0.2) is 0 Å². The standard InChI is InChI=1S/C15H26O4SSi/c1-12(18-20(5,16)17)13-8-10-14(11-9-13)19-21(6,7)15(2,3)4/h8-12H,1-7H3. The Hall–Kier alpha value is -0.853. The van der Waals surface area contributed by atoms with Gasteiger partial charge in [-0.15, -0.1) is 0 Å². The van der Waals surface area contributed by atoms with Crippen molar-refractivity contribution in [2.45, 2.75) is 51.9 Å². The fourth-order valence-corrected chi connectivity index (χ4v) is 3.24. The van der Waals surface area contributed by atoms with E-state index >= 15 is 0 Å². The lowest BCUT2D eigenvalue weighted by Gasteiger charge is -2.36. The fourth-order valence-electron chi connectivity index (χ4n) is 1.57. The molecule has 0 bridgehead atoms. The Balaban J connectivity index is 2.84. The quantitative estimate of drug-likeness (QED) is 0.602. The van der Waals surface area contributed by atoms with Gasteiger partial charge in [0.2, 0.25) is 8.32 Å². The molecule has 0 heterocycles. The average Bonchev–Trinajstić information content (AvgIpc) is 2.25. The molecule has 0 aliphatic heterocycles. The van der Waals surface area contributed by atoms with Gasteiger partial charge in [-0.2, -0.15) is 8.42 Å². The van der Waals surface area contributed by atoms with Crippen molar-refractivity contribution in [2.75, 3.05) is 6.26 Å². The minimum atomic E-state index is -3.45. The van der Waals surface area contributed by atoms with Crippen molar-refractivity contribution < 1.29 is 17.0 Å². The molecular weight excluding hydrogens is 304 g/mol. The maximum atomic E-state index is 11.1. The highest BCUT2D eigenvalue weighted by molar-refractivity contribution is 7.86. The molecular formula is C15H26O4SSi. The molecule has 0 aromatic heterocycles. The van der Waals surface area contributed by atoms with Crippen LogP contribution in [0.2, 0.25) is 18.1 Å². The molecule has 4 nitrogen and oxygen atoms in total. The van der Waals surface area contributed by atoms with Gasteiger partial charge in [0.25, 0.3) is 10.1 Å². The Morgan fingerprint density at radius 1 is 1.10 bits per heavy atom. The first kappa shape index (κ1) is 18.2. The van der Waals surface area contributed by atoms with Crippen LogP contribution in [0.15, 0.2) is 24.3 Å². The van der Waals surface area contributed by atoms with Crippen LogP contribution in [0.1, 0.15) is 39.4 Å². The van der Waals surface area contributed by atoms with Crippen LogP contribution in [-0.4, -0.2) is 23.0 Å². The number of rotatable bonds is 5. The van der Waals surface area contributed by atoms with Gasteiger partial charge in [0, 0.05) is 0 Å². The van der Waals surface area contributed by atoms with Crippen LogP contribution in [0, 0.1) is 0 Å². The zero-order chi connectivity index (χ0) is 16.5. The second kappa shape index (κ2) is 6.10. The van der Waals surface area contributed by atoms with Crippen molar-refractivity contribution >= 4 is 18.4 Å². The highest BCUT2D eigenvalue weighted by Crippen LogP contribution is 2.37. The average molecular weight is 331 g/mol. The molecule has 0 amide bonds. The van der Waals surface area contributed by atoms with Gasteiger partial charge in [-0.3, -0.25) is 4.18 Å². The Labute approximate surface area is 129 Å². The van der Waals surface area contributed by atoms with E-state index in [4.69, 9.17) is 8.61 Å². The lowest BCUT2D eigenvalue weighted by atomic mass is 10.1. The van der Waals surface area contributed by atoms with Gasteiger partial charge in [-0.05, 0) is 42.8 Å². The van der Waals surface area contributed by atoms with Gasteiger partial charge in [-0.1, -0.05) is 32.9 Å². The van der Waals surface area contributed by atoms with Gasteiger partial charge in [0.1, 0.15) is 5.75 Å². The summed E-state index contributed by atoms with van der Waals surface area (Å²) in [5.74, 6) is 0.817. The summed E-state index contributed by atoms with van der Waals surface area (Å²) in [5, 5.41) is 0.137. The Morgan fingerprint density at radius 3 is 1.95 bits per heavy atom. The molecule has 0 spiro atoms. The SMILES string of the molecule is CC(OS(C)(=O)=O)c1ccc(O[Si](C)(C)C(C)(C)C)cc1. The topological polar surface area (TPSA) is 52.6 Å². The first-order valence-corrected chi connectivity index (χ1v) is 11.7. The second-order valence-corrected chi connectivity index (χ2v) is 13.2. The van der Waals surface area contributed by atoms with E-state index < -0.39 is 24.5 Å². The van der Waals surface area contributed by atoms with Gasteiger partial charge >= 0.3 is 0 Å². The predicted molar refractivity (Wildman–Crippen MR) is 88.6 cm³/mol. The molecule has 6 heteroatoms. The summed E-state index contributed by atoms with van der Waals surface area (Å²) >= 11 is 0. The summed E-state index contributed by atoms with van der Waals surface area (Å²) in [4.78, 5) is 0. The summed E-state index contributed by atoms with van der Waals surface area (Å²) in [5.41, 5.74) is 0.808. The van der Waals surface area contributed by atoms with E-state index in [0.717, 1.165) is 17.6 Å². The fraction of sp³-hybridized carbons (Fsp3) is 0.600. The van der Waals surface area contributed by atoms with Crippen LogP contribution in [0.5, 0.6) is 5.75 Å². The van der Waals surface area contributed by atoms with Gasteiger partial charge < -0.3 is 4.43 Å². The maximum Gasteiger partial charge on any atom is 0.264 e. The lowest BCUT2D eigenvalue weighted by Crippen LogP contribution is -2.43. The van der Waals surface area contributed by atoms with Gasteiger partial charge in [0.15, 0.2) is 0 Å². The van der Waals surface area contributed by atoms with E-state index in [9.17, 15) is 8.42 Å². The zero-order valence-corrected chi connectivity index (χ0v) is 15.7. The summed E-state index contributed by atoms with van der Waals surface area (Å²) in [6, 6.07) is 7.44. The molecule has 0 fully saturated rings. The van der Waals surface area contributed by atoms with Crippen LogP contribution in [-0.2, 0) is 14.3 Å². The minimum Gasteiger partial charge on any atom is -0.544 e. The molecule has 21 heavy (non-hydrogen) atoms. The van der Waals surface area contributed by atoms with Crippen LogP contribution < -0.4 is 4.43 Å². The lowest BCUT2D eigenvalue weighted by molar-refractivity contribution is 0.236. The normalized spacial score (nSPS) is 14.8. The van der Waals surface area contributed by atoms with Crippen molar-refractivity contribution in [1.29, 1.82) is 0 Å².